The molecule has 2 N–H and O–H groups in total. The Morgan fingerprint density at radius 1 is 1.67 bits per heavy atom. The van der Waals surface area contributed by atoms with E-state index in [1.807, 2.05) is 13.8 Å². The summed E-state index contributed by atoms with van der Waals surface area (Å²) in [5.74, 6) is -0.234. The number of likely N-dealkylation sites (tertiary alicyclic amines) is 1. The Morgan fingerprint density at radius 2 is 2.33 bits per heavy atom. The number of nitrogens with two attached hydrogens (primary N) is 1. The van der Waals surface area contributed by atoms with Crippen molar-refractivity contribution in [2.45, 2.75) is 39.2 Å². The van der Waals surface area contributed by atoms with Gasteiger partial charge in [0.1, 0.15) is 0 Å². The maximum Gasteiger partial charge on any atom is 0.234 e. The molecular formula is C11H19N3O. The van der Waals surface area contributed by atoms with Gasteiger partial charge in [-0.25, -0.2) is 0 Å². The minimum atomic E-state index is -0.315. The molecule has 0 aromatic heterocycles. The maximum absolute atomic E-state index is 11.1. The molecule has 0 saturated carbocycles. The van der Waals surface area contributed by atoms with Crippen LogP contribution < -0.4 is 5.73 Å². The fraction of sp³-hybridized carbons (Fsp3) is 0.818. The fourth-order valence-corrected chi connectivity index (χ4v) is 1.89. The van der Waals surface area contributed by atoms with Gasteiger partial charge in [-0.05, 0) is 39.7 Å². The van der Waals surface area contributed by atoms with Crippen molar-refractivity contribution >= 4 is 5.91 Å². The van der Waals surface area contributed by atoms with Crippen LogP contribution in [0, 0.1) is 16.7 Å². The van der Waals surface area contributed by atoms with Crippen LogP contribution >= 0.6 is 0 Å². The molecule has 4 heteroatoms. The van der Waals surface area contributed by atoms with Crippen LogP contribution in [0.3, 0.4) is 0 Å². The summed E-state index contributed by atoms with van der Waals surface area (Å²) < 4.78 is 0. The predicted octanol–water partition coefficient (Wildman–Crippen LogP) is 0.876. The number of amides is 1. The van der Waals surface area contributed by atoms with Crippen LogP contribution in [0.5, 0.6) is 0 Å². The summed E-state index contributed by atoms with van der Waals surface area (Å²) in [6, 6.07) is 2.15. The predicted molar refractivity (Wildman–Crippen MR) is 57.8 cm³/mol. The van der Waals surface area contributed by atoms with E-state index in [1.165, 1.54) is 0 Å². The lowest BCUT2D eigenvalue weighted by molar-refractivity contribution is -0.122. The van der Waals surface area contributed by atoms with Gasteiger partial charge in [0.15, 0.2) is 0 Å². The van der Waals surface area contributed by atoms with Gasteiger partial charge in [0, 0.05) is 6.54 Å². The summed E-state index contributed by atoms with van der Waals surface area (Å²) in [5.41, 5.74) is 5.00. The topological polar surface area (TPSA) is 70.1 Å². The molecule has 1 rings (SSSR count). The molecule has 1 fully saturated rings. The molecule has 0 radical (unpaired) electrons. The first-order valence-electron chi connectivity index (χ1n) is 5.41. The number of carbonyl (C=O) groups excluding carboxylic acids is 1. The van der Waals surface area contributed by atoms with Crippen LogP contribution in [0.15, 0.2) is 0 Å². The summed E-state index contributed by atoms with van der Waals surface area (Å²) in [5, 5.41) is 8.88. The van der Waals surface area contributed by atoms with Crippen molar-refractivity contribution in [3.63, 3.8) is 0 Å². The maximum atomic E-state index is 11.1. The number of nitriles is 1. The largest absolute Gasteiger partial charge is 0.368 e. The summed E-state index contributed by atoms with van der Waals surface area (Å²) in [4.78, 5) is 13.2. The Labute approximate surface area is 91.0 Å². The number of hydrogen-bond acceptors (Lipinski definition) is 3. The second-order valence-electron chi connectivity index (χ2n) is 4.84. The van der Waals surface area contributed by atoms with E-state index in [4.69, 9.17) is 11.0 Å². The van der Waals surface area contributed by atoms with Gasteiger partial charge in [0.25, 0.3) is 0 Å². The van der Waals surface area contributed by atoms with Crippen molar-refractivity contribution in [2.24, 2.45) is 11.1 Å². The van der Waals surface area contributed by atoms with Crippen LogP contribution in [-0.4, -0.2) is 29.9 Å². The van der Waals surface area contributed by atoms with Crippen molar-refractivity contribution in [3.8, 4) is 6.07 Å². The van der Waals surface area contributed by atoms with Gasteiger partial charge < -0.3 is 5.73 Å². The highest BCUT2D eigenvalue weighted by Gasteiger charge is 2.30. The lowest BCUT2D eigenvalue weighted by atomic mass is 9.91. The van der Waals surface area contributed by atoms with Crippen LogP contribution in [-0.2, 0) is 4.79 Å². The molecule has 1 aliphatic rings. The van der Waals surface area contributed by atoms with Gasteiger partial charge in [-0.1, -0.05) is 0 Å². The molecule has 1 atom stereocenters. The van der Waals surface area contributed by atoms with Gasteiger partial charge in [0.2, 0.25) is 5.91 Å². The van der Waals surface area contributed by atoms with Crippen molar-refractivity contribution in [1.29, 1.82) is 5.26 Å². The third kappa shape index (κ3) is 3.21. The number of hydrogen-bond donors (Lipinski definition) is 1. The molecule has 0 aromatic carbocycles. The molecule has 0 spiro atoms. The lowest BCUT2D eigenvalue weighted by Gasteiger charge is -2.25. The van der Waals surface area contributed by atoms with Crippen LogP contribution in [0.2, 0.25) is 0 Å². The minimum Gasteiger partial charge on any atom is -0.368 e. The number of rotatable bonds is 4. The number of nitrogens with zero attached hydrogens (tertiary/aromatic N) is 2. The summed E-state index contributed by atoms with van der Waals surface area (Å²) in [6.07, 6.45) is 2.68. The normalized spacial score (nSPS) is 22.6. The molecule has 0 bridgehead atoms. The SMILES string of the molecule is CC(C)(C#N)CCN1CCCC1C(N)=O. The zero-order valence-corrected chi connectivity index (χ0v) is 9.49. The standard InChI is InChI=1S/C11H19N3O/c1-11(2,8-12)5-7-14-6-3-4-9(14)10(13)15/h9H,3-7H2,1-2H3,(H2,13,15). The molecule has 1 amide bonds. The van der Waals surface area contributed by atoms with Crippen LogP contribution in [0.25, 0.3) is 0 Å². The van der Waals surface area contributed by atoms with Gasteiger partial charge in [-0.15, -0.1) is 0 Å². The van der Waals surface area contributed by atoms with E-state index in [9.17, 15) is 4.79 Å². The van der Waals surface area contributed by atoms with Gasteiger partial charge in [-0.2, -0.15) is 5.26 Å². The van der Waals surface area contributed by atoms with Crippen molar-refractivity contribution in [2.75, 3.05) is 13.1 Å². The first kappa shape index (κ1) is 12.0. The average Bonchev–Trinajstić information content (AvgIpc) is 2.63. The van der Waals surface area contributed by atoms with E-state index in [0.717, 1.165) is 32.4 Å². The van der Waals surface area contributed by atoms with E-state index in [2.05, 4.69) is 11.0 Å². The zero-order valence-electron chi connectivity index (χ0n) is 9.49. The van der Waals surface area contributed by atoms with Crippen molar-refractivity contribution < 1.29 is 4.79 Å². The van der Waals surface area contributed by atoms with E-state index in [0.29, 0.717) is 0 Å². The molecular weight excluding hydrogens is 190 g/mol. The second kappa shape index (κ2) is 4.63. The van der Waals surface area contributed by atoms with Gasteiger partial charge in [-0.3, -0.25) is 9.69 Å². The molecule has 0 aliphatic carbocycles. The van der Waals surface area contributed by atoms with Gasteiger partial charge in [0.05, 0.1) is 17.5 Å². The molecule has 0 aromatic rings. The summed E-state index contributed by atoms with van der Waals surface area (Å²) in [7, 11) is 0. The number of carbonyl (C=O) groups is 1. The van der Waals surface area contributed by atoms with Crippen molar-refractivity contribution in [3.05, 3.63) is 0 Å². The molecule has 4 nitrogen and oxygen atoms in total. The van der Waals surface area contributed by atoms with E-state index >= 15 is 0 Å². The van der Waals surface area contributed by atoms with Crippen LogP contribution in [0.4, 0.5) is 0 Å². The first-order chi connectivity index (χ1) is 6.96. The van der Waals surface area contributed by atoms with E-state index < -0.39 is 0 Å². The highest BCUT2D eigenvalue weighted by Crippen LogP contribution is 2.23. The third-order valence-corrected chi connectivity index (χ3v) is 3.02. The first-order valence-corrected chi connectivity index (χ1v) is 5.41. The molecule has 1 saturated heterocycles. The van der Waals surface area contributed by atoms with E-state index in [-0.39, 0.29) is 17.4 Å². The Kier molecular flexibility index (Phi) is 3.70. The lowest BCUT2D eigenvalue weighted by Crippen LogP contribution is -2.41. The minimum absolute atomic E-state index is 0.112. The smallest absolute Gasteiger partial charge is 0.234 e. The zero-order chi connectivity index (χ0) is 11.5. The third-order valence-electron chi connectivity index (χ3n) is 3.02. The fourth-order valence-electron chi connectivity index (χ4n) is 1.89. The highest BCUT2D eigenvalue weighted by molar-refractivity contribution is 5.80. The Bertz CT molecular complexity index is 280. The Morgan fingerprint density at radius 3 is 2.87 bits per heavy atom. The molecule has 1 unspecified atom stereocenters. The number of primary amides is 1. The molecule has 1 heterocycles. The Hall–Kier alpha value is -1.08. The summed E-state index contributed by atoms with van der Waals surface area (Å²) in [6.45, 7) is 5.55. The molecule has 84 valence electrons. The van der Waals surface area contributed by atoms with Gasteiger partial charge >= 0.3 is 0 Å². The quantitative estimate of drug-likeness (QED) is 0.747. The Balaban J connectivity index is 2.45. The molecule has 1 aliphatic heterocycles. The van der Waals surface area contributed by atoms with E-state index in [1.54, 1.807) is 0 Å². The average molecular weight is 209 g/mol. The van der Waals surface area contributed by atoms with Crippen LogP contribution in [0.1, 0.15) is 33.1 Å². The highest BCUT2D eigenvalue weighted by atomic mass is 16.1. The summed E-state index contributed by atoms with van der Waals surface area (Å²) >= 11 is 0. The second-order valence-corrected chi connectivity index (χ2v) is 4.84. The monoisotopic (exact) mass is 209 g/mol. The van der Waals surface area contributed by atoms with Crippen molar-refractivity contribution in [1.82, 2.24) is 4.90 Å². The molecule has 15 heavy (non-hydrogen) atoms.